The molecule has 0 amide bonds. The summed E-state index contributed by atoms with van der Waals surface area (Å²) < 4.78 is 0. The smallest absolute Gasteiger partial charge is 0.0374 e. The van der Waals surface area contributed by atoms with Gasteiger partial charge in [0, 0.05) is 37.6 Å². The summed E-state index contributed by atoms with van der Waals surface area (Å²) in [4.78, 5) is 4.76. The summed E-state index contributed by atoms with van der Waals surface area (Å²) in [6.45, 7) is 6.72. The van der Waals surface area contributed by atoms with E-state index in [1.165, 1.54) is 36.2 Å². The zero-order chi connectivity index (χ0) is 13.7. The van der Waals surface area contributed by atoms with Crippen LogP contribution in [0.1, 0.15) is 25.3 Å². The van der Waals surface area contributed by atoms with Crippen LogP contribution in [0.4, 0.5) is 11.4 Å². The zero-order valence-corrected chi connectivity index (χ0v) is 12.6. The molecule has 1 aliphatic heterocycles. The van der Waals surface area contributed by atoms with Gasteiger partial charge < -0.3 is 15.1 Å². The average Bonchev–Trinajstić information content (AvgIpc) is 2.42. The van der Waals surface area contributed by atoms with E-state index in [9.17, 15) is 0 Å². The summed E-state index contributed by atoms with van der Waals surface area (Å²) in [7, 11) is 4.28. The molecule has 19 heavy (non-hydrogen) atoms. The number of hydrogen-bond donors (Lipinski definition) is 1. The minimum atomic E-state index is 1.10. The van der Waals surface area contributed by atoms with E-state index in [1.54, 1.807) is 0 Å². The Hall–Kier alpha value is -1.22. The highest BCUT2D eigenvalue weighted by Gasteiger charge is 2.12. The number of fused-ring (bicyclic) bond motifs is 1. The predicted molar refractivity (Wildman–Crippen MR) is 84.3 cm³/mol. The fraction of sp³-hybridized carbons (Fsp3) is 0.625. The van der Waals surface area contributed by atoms with Gasteiger partial charge in [0.2, 0.25) is 0 Å². The molecule has 1 aromatic carbocycles. The number of aryl methyl sites for hydroxylation is 1. The zero-order valence-electron chi connectivity index (χ0n) is 12.6. The van der Waals surface area contributed by atoms with Crippen LogP contribution in [0.5, 0.6) is 0 Å². The maximum Gasteiger partial charge on any atom is 0.0374 e. The number of anilines is 2. The van der Waals surface area contributed by atoms with E-state index < -0.39 is 0 Å². The summed E-state index contributed by atoms with van der Waals surface area (Å²) in [5, 5.41) is 3.48. The van der Waals surface area contributed by atoms with Crippen molar-refractivity contribution in [3.8, 4) is 0 Å². The summed E-state index contributed by atoms with van der Waals surface area (Å²) >= 11 is 0. The minimum Gasteiger partial charge on any atom is -0.385 e. The molecule has 0 radical (unpaired) electrons. The van der Waals surface area contributed by atoms with Crippen molar-refractivity contribution in [3.63, 3.8) is 0 Å². The molecular weight excluding hydrogens is 234 g/mol. The van der Waals surface area contributed by atoms with Crippen molar-refractivity contribution in [1.29, 1.82) is 0 Å². The first-order valence-corrected chi connectivity index (χ1v) is 7.47. The molecule has 0 spiro atoms. The summed E-state index contributed by atoms with van der Waals surface area (Å²) in [5.74, 6) is 0. The average molecular weight is 261 g/mol. The maximum atomic E-state index is 3.48. The van der Waals surface area contributed by atoms with Crippen LogP contribution in [0.25, 0.3) is 0 Å². The molecule has 0 atom stereocenters. The monoisotopic (exact) mass is 261 g/mol. The van der Waals surface area contributed by atoms with Gasteiger partial charge in [-0.3, -0.25) is 0 Å². The van der Waals surface area contributed by atoms with Gasteiger partial charge in [0.25, 0.3) is 0 Å². The molecule has 106 valence electrons. The topological polar surface area (TPSA) is 18.5 Å². The van der Waals surface area contributed by atoms with Crippen LogP contribution in [-0.4, -0.2) is 45.2 Å². The molecule has 1 heterocycles. The first-order chi connectivity index (χ1) is 9.20. The van der Waals surface area contributed by atoms with Crippen LogP contribution in [0.2, 0.25) is 0 Å². The minimum absolute atomic E-state index is 1.10. The molecule has 3 heteroatoms. The molecule has 2 rings (SSSR count). The summed E-state index contributed by atoms with van der Waals surface area (Å²) in [6, 6.07) is 6.90. The fourth-order valence-electron chi connectivity index (χ4n) is 2.62. The van der Waals surface area contributed by atoms with Crippen LogP contribution in [0.3, 0.4) is 0 Å². The molecular formula is C16H27N3. The van der Waals surface area contributed by atoms with Crippen LogP contribution in [-0.2, 0) is 6.42 Å². The number of nitrogens with one attached hydrogen (secondary N) is 1. The van der Waals surface area contributed by atoms with E-state index in [2.05, 4.69) is 54.3 Å². The molecule has 1 aliphatic rings. The highest BCUT2D eigenvalue weighted by atomic mass is 15.2. The molecule has 0 saturated carbocycles. The first kappa shape index (κ1) is 14.2. The lowest BCUT2D eigenvalue weighted by Crippen LogP contribution is -2.32. The largest absolute Gasteiger partial charge is 0.385 e. The lowest BCUT2D eigenvalue weighted by atomic mass is 10.0. The number of nitrogens with zero attached hydrogens (tertiary/aromatic N) is 2. The van der Waals surface area contributed by atoms with Crippen molar-refractivity contribution in [1.82, 2.24) is 4.90 Å². The third-order valence-corrected chi connectivity index (χ3v) is 3.70. The van der Waals surface area contributed by atoms with Crippen LogP contribution < -0.4 is 10.2 Å². The molecule has 0 fully saturated rings. The number of rotatable bonds is 6. The lowest BCUT2D eigenvalue weighted by molar-refractivity contribution is 0.413. The highest BCUT2D eigenvalue weighted by Crippen LogP contribution is 2.27. The van der Waals surface area contributed by atoms with Gasteiger partial charge in [-0.2, -0.15) is 0 Å². The van der Waals surface area contributed by atoms with Gasteiger partial charge in [0.15, 0.2) is 0 Å². The van der Waals surface area contributed by atoms with Crippen LogP contribution in [0.15, 0.2) is 18.2 Å². The van der Waals surface area contributed by atoms with E-state index in [1.807, 2.05) is 0 Å². The second-order valence-corrected chi connectivity index (χ2v) is 5.66. The quantitative estimate of drug-likeness (QED) is 0.849. The van der Waals surface area contributed by atoms with Crippen molar-refractivity contribution < 1.29 is 0 Å². The molecule has 0 unspecified atom stereocenters. The lowest BCUT2D eigenvalue weighted by Gasteiger charge is -2.28. The van der Waals surface area contributed by atoms with Crippen molar-refractivity contribution in [2.24, 2.45) is 0 Å². The normalized spacial score (nSPS) is 14.1. The molecule has 0 aliphatic carbocycles. The second-order valence-electron chi connectivity index (χ2n) is 5.66. The third-order valence-electron chi connectivity index (χ3n) is 3.70. The Labute approximate surface area is 117 Å². The van der Waals surface area contributed by atoms with Gasteiger partial charge in [0.05, 0.1) is 0 Å². The number of hydrogen-bond acceptors (Lipinski definition) is 3. The molecule has 3 nitrogen and oxygen atoms in total. The van der Waals surface area contributed by atoms with Crippen molar-refractivity contribution in [2.45, 2.75) is 26.2 Å². The highest BCUT2D eigenvalue weighted by molar-refractivity contribution is 5.61. The number of likely N-dealkylation sites (N-methyl/N-ethyl adjacent to an activating group) is 1. The fourth-order valence-corrected chi connectivity index (χ4v) is 2.62. The van der Waals surface area contributed by atoms with Gasteiger partial charge in [-0.1, -0.05) is 6.92 Å². The van der Waals surface area contributed by atoms with E-state index >= 15 is 0 Å². The van der Waals surface area contributed by atoms with Crippen molar-refractivity contribution in [2.75, 3.05) is 50.5 Å². The maximum absolute atomic E-state index is 3.48. The molecule has 0 bridgehead atoms. The molecule has 0 aromatic heterocycles. The Kier molecular flexibility index (Phi) is 5.08. The SMILES string of the molecule is CCCN(CCN(C)C)c1ccc2c(c1)CCCN2. The Morgan fingerprint density at radius 2 is 2.00 bits per heavy atom. The summed E-state index contributed by atoms with van der Waals surface area (Å²) in [5.41, 5.74) is 4.19. The third kappa shape index (κ3) is 3.87. The van der Waals surface area contributed by atoms with Crippen molar-refractivity contribution >= 4 is 11.4 Å². The Balaban J connectivity index is 2.11. The van der Waals surface area contributed by atoms with Crippen LogP contribution >= 0.6 is 0 Å². The standard InChI is InChI=1S/C16H27N3/c1-4-10-19(12-11-18(2)3)15-7-8-16-14(13-15)6-5-9-17-16/h7-8,13,17H,4-6,9-12H2,1-3H3. The number of benzene rings is 1. The van der Waals surface area contributed by atoms with Gasteiger partial charge >= 0.3 is 0 Å². The Morgan fingerprint density at radius 3 is 2.74 bits per heavy atom. The van der Waals surface area contributed by atoms with Gasteiger partial charge in [0.1, 0.15) is 0 Å². The Morgan fingerprint density at radius 1 is 1.16 bits per heavy atom. The predicted octanol–water partition coefficient (Wildman–Crippen LogP) is 2.82. The van der Waals surface area contributed by atoms with Crippen molar-refractivity contribution in [3.05, 3.63) is 23.8 Å². The van der Waals surface area contributed by atoms with Gasteiger partial charge in [-0.15, -0.1) is 0 Å². The second kappa shape index (κ2) is 6.80. The first-order valence-electron chi connectivity index (χ1n) is 7.47. The van der Waals surface area contributed by atoms with Gasteiger partial charge in [-0.25, -0.2) is 0 Å². The molecule has 1 N–H and O–H groups in total. The van der Waals surface area contributed by atoms with E-state index in [0.717, 1.165) is 26.2 Å². The van der Waals surface area contributed by atoms with Crippen LogP contribution in [0, 0.1) is 0 Å². The Bertz CT molecular complexity index is 401. The molecule has 0 saturated heterocycles. The molecule has 1 aromatic rings. The van der Waals surface area contributed by atoms with E-state index in [4.69, 9.17) is 0 Å². The summed E-state index contributed by atoms with van der Waals surface area (Å²) in [6.07, 6.45) is 3.66. The van der Waals surface area contributed by atoms with E-state index in [0.29, 0.717) is 0 Å². The van der Waals surface area contributed by atoms with E-state index in [-0.39, 0.29) is 0 Å². The van der Waals surface area contributed by atoms with Gasteiger partial charge in [-0.05, 0) is 57.1 Å².